The van der Waals surface area contributed by atoms with Crippen molar-refractivity contribution < 1.29 is 9.53 Å². The lowest BCUT2D eigenvalue weighted by Gasteiger charge is -2.14. The first kappa shape index (κ1) is 20.3. The van der Waals surface area contributed by atoms with Gasteiger partial charge in [-0.25, -0.2) is 4.79 Å². The highest BCUT2D eigenvalue weighted by atomic mass is 16.5. The zero-order valence-electron chi connectivity index (χ0n) is 16.9. The van der Waals surface area contributed by atoms with Crippen LogP contribution in [0, 0.1) is 0 Å². The number of hydrogen-bond donors (Lipinski definition) is 1. The summed E-state index contributed by atoms with van der Waals surface area (Å²) >= 11 is 0. The van der Waals surface area contributed by atoms with Crippen molar-refractivity contribution in [2.75, 3.05) is 13.2 Å². The van der Waals surface area contributed by atoms with E-state index >= 15 is 0 Å². The first-order chi connectivity index (χ1) is 15.3. The lowest BCUT2D eigenvalue weighted by molar-refractivity contribution is 0.143. The summed E-state index contributed by atoms with van der Waals surface area (Å²) in [5.41, 5.74) is 14.8. The molecule has 0 spiro atoms. The highest BCUT2D eigenvalue weighted by molar-refractivity contribution is 5.79. The minimum Gasteiger partial charge on any atom is -0.449 e. The first-order valence-electron chi connectivity index (χ1n) is 10.2. The van der Waals surface area contributed by atoms with Gasteiger partial charge in [0.15, 0.2) is 0 Å². The maximum absolute atomic E-state index is 12.2. The molecule has 0 atom stereocenters. The van der Waals surface area contributed by atoms with E-state index in [0.29, 0.717) is 25.3 Å². The Morgan fingerprint density at radius 3 is 2.45 bits per heavy atom. The number of alkyl carbamates (subject to hydrolysis) is 1. The normalized spacial score (nSPS) is 12.1. The van der Waals surface area contributed by atoms with E-state index in [1.807, 2.05) is 48.6 Å². The van der Waals surface area contributed by atoms with E-state index in [-0.39, 0.29) is 5.92 Å². The SMILES string of the molecule is [N-]=[N+]=Nc1cccc(C=CCCNC(=O)OCC2c3ccccc3-c3ccccc32)c1. The minimum absolute atomic E-state index is 0.0568. The molecule has 0 saturated heterocycles. The smallest absolute Gasteiger partial charge is 0.407 e. The molecule has 1 aliphatic carbocycles. The molecule has 0 aromatic heterocycles. The summed E-state index contributed by atoms with van der Waals surface area (Å²) in [5, 5.41) is 6.38. The molecule has 0 bridgehead atoms. The average Bonchev–Trinajstić information content (AvgIpc) is 3.12. The maximum atomic E-state index is 12.2. The molecule has 6 nitrogen and oxygen atoms in total. The number of hydrogen-bond acceptors (Lipinski definition) is 3. The van der Waals surface area contributed by atoms with Gasteiger partial charge in [0, 0.05) is 23.1 Å². The zero-order valence-corrected chi connectivity index (χ0v) is 16.9. The Balaban J connectivity index is 1.27. The van der Waals surface area contributed by atoms with Crippen LogP contribution in [0.1, 0.15) is 29.0 Å². The number of nitrogens with zero attached hydrogens (tertiary/aromatic N) is 3. The molecule has 3 aromatic rings. The second-order valence-electron chi connectivity index (χ2n) is 7.23. The topological polar surface area (TPSA) is 87.1 Å². The quantitative estimate of drug-likeness (QED) is 0.207. The Kier molecular flexibility index (Phi) is 6.31. The number of benzene rings is 3. The van der Waals surface area contributed by atoms with Crippen molar-refractivity contribution in [2.24, 2.45) is 5.11 Å². The predicted molar refractivity (Wildman–Crippen MR) is 122 cm³/mol. The van der Waals surface area contributed by atoms with Crippen LogP contribution in [0.15, 0.2) is 84.0 Å². The maximum Gasteiger partial charge on any atom is 0.407 e. The fourth-order valence-corrected chi connectivity index (χ4v) is 3.87. The molecule has 0 fully saturated rings. The van der Waals surface area contributed by atoms with E-state index in [1.165, 1.54) is 22.3 Å². The van der Waals surface area contributed by atoms with Crippen LogP contribution >= 0.6 is 0 Å². The van der Waals surface area contributed by atoms with Gasteiger partial charge in [-0.1, -0.05) is 84.0 Å². The Hall–Kier alpha value is -4.02. The van der Waals surface area contributed by atoms with Crippen LogP contribution in [-0.4, -0.2) is 19.2 Å². The molecule has 154 valence electrons. The van der Waals surface area contributed by atoms with Crippen LogP contribution in [-0.2, 0) is 4.74 Å². The van der Waals surface area contributed by atoms with Crippen LogP contribution in [0.25, 0.3) is 27.6 Å². The third-order valence-corrected chi connectivity index (χ3v) is 5.26. The average molecular weight is 410 g/mol. The third-order valence-electron chi connectivity index (χ3n) is 5.26. The van der Waals surface area contributed by atoms with Gasteiger partial charge in [0.2, 0.25) is 0 Å². The van der Waals surface area contributed by atoms with Crippen molar-refractivity contribution in [1.82, 2.24) is 5.32 Å². The Morgan fingerprint density at radius 1 is 1.03 bits per heavy atom. The van der Waals surface area contributed by atoms with Crippen LogP contribution in [0.3, 0.4) is 0 Å². The number of carbonyl (C=O) groups is 1. The Bertz CT molecular complexity index is 1120. The summed E-state index contributed by atoms with van der Waals surface area (Å²) in [4.78, 5) is 15.0. The van der Waals surface area contributed by atoms with Gasteiger partial charge >= 0.3 is 6.09 Å². The molecule has 4 rings (SSSR count). The van der Waals surface area contributed by atoms with Crippen molar-refractivity contribution in [3.63, 3.8) is 0 Å². The van der Waals surface area contributed by atoms with Gasteiger partial charge in [-0.2, -0.15) is 0 Å². The van der Waals surface area contributed by atoms with Crippen LogP contribution in [0.4, 0.5) is 10.5 Å². The summed E-state index contributed by atoms with van der Waals surface area (Å²) in [5.74, 6) is 0.0568. The molecule has 3 aromatic carbocycles. The molecular weight excluding hydrogens is 388 g/mol. The predicted octanol–water partition coefficient (Wildman–Crippen LogP) is 6.57. The molecule has 31 heavy (non-hydrogen) atoms. The molecule has 1 N–H and O–H groups in total. The molecule has 1 aliphatic rings. The van der Waals surface area contributed by atoms with Crippen molar-refractivity contribution >= 4 is 17.9 Å². The number of ether oxygens (including phenoxy) is 1. The van der Waals surface area contributed by atoms with E-state index in [4.69, 9.17) is 10.3 Å². The number of amides is 1. The van der Waals surface area contributed by atoms with Gasteiger partial charge in [-0.15, -0.1) is 0 Å². The summed E-state index contributed by atoms with van der Waals surface area (Å²) in [6, 6.07) is 23.8. The van der Waals surface area contributed by atoms with Crippen LogP contribution in [0.2, 0.25) is 0 Å². The molecule has 0 saturated carbocycles. The van der Waals surface area contributed by atoms with Gasteiger partial charge in [0.25, 0.3) is 0 Å². The number of azide groups is 1. The van der Waals surface area contributed by atoms with Gasteiger partial charge < -0.3 is 10.1 Å². The third kappa shape index (κ3) is 4.77. The van der Waals surface area contributed by atoms with E-state index in [9.17, 15) is 4.79 Å². The van der Waals surface area contributed by atoms with Crippen LogP contribution in [0.5, 0.6) is 0 Å². The van der Waals surface area contributed by atoms with Gasteiger partial charge in [0.05, 0.1) is 0 Å². The second kappa shape index (κ2) is 9.65. The summed E-state index contributed by atoms with van der Waals surface area (Å²) in [7, 11) is 0. The highest BCUT2D eigenvalue weighted by Gasteiger charge is 2.28. The number of rotatable bonds is 7. The number of nitrogens with one attached hydrogen (secondary N) is 1. The summed E-state index contributed by atoms with van der Waals surface area (Å²) < 4.78 is 5.53. The number of carbonyl (C=O) groups excluding carboxylic acids is 1. The van der Waals surface area contributed by atoms with E-state index in [2.05, 4.69) is 39.6 Å². The van der Waals surface area contributed by atoms with Gasteiger partial charge in [0.1, 0.15) is 6.61 Å². The first-order valence-corrected chi connectivity index (χ1v) is 10.2. The second-order valence-corrected chi connectivity index (χ2v) is 7.23. The lowest BCUT2D eigenvalue weighted by atomic mass is 9.98. The van der Waals surface area contributed by atoms with Crippen molar-refractivity contribution in [2.45, 2.75) is 12.3 Å². The molecule has 0 unspecified atom stereocenters. The lowest BCUT2D eigenvalue weighted by Crippen LogP contribution is -2.26. The zero-order chi connectivity index (χ0) is 21.5. The Morgan fingerprint density at radius 2 is 1.74 bits per heavy atom. The van der Waals surface area contributed by atoms with E-state index in [1.54, 1.807) is 12.1 Å². The monoisotopic (exact) mass is 410 g/mol. The van der Waals surface area contributed by atoms with Crippen molar-refractivity contribution in [3.8, 4) is 11.1 Å². The van der Waals surface area contributed by atoms with Crippen molar-refractivity contribution in [3.05, 3.63) is 106 Å². The Labute approximate surface area is 180 Å². The molecule has 1 amide bonds. The fraction of sp³-hybridized carbons (Fsp3) is 0.160. The minimum atomic E-state index is -0.416. The number of fused-ring (bicyclic) bond motifs is 3. The molecule has 6 heteroatoms. The van der Waals surface area contributed by atoms with E-state index < -0.39 is 6.09 Å². The molecule has 0 heterocycles. The summed E-state index contributed by atoms with van der Waals surface area (Å²) in [6.45, 7) is 0.783. The highest BCUT2D eigenvalue weighted by Crippen LogP contribution is 2.44. The van der Waals surface area contributed by atoms with Crippen LogP contribution < -0.4 is 5.32 Å². The fourth-order valence-electron chi connectivity index (χ4n) is 3.87. The van der Waals surface area contributed by atoms with E-state index in [0.717, 1.165) is 5.56 Å². The molecule has 0 aliphatic heterocycles. The molecule has 0 radical (unpaired) electrons. The largest absolute Gasteiger partial charge is 0.449 e. The molecular formula is C25H22N4O2. The summed E-state index contributed by atoms with van der Waals surface area (Å²) in [6.07, 6.45) is 4.13. The van der Waals surface area contributed by atoms with Crippen molar-refractivity contribution in [1.29, 1.82) is 0 Å². The van der Waals surface area contributed by atoms with Gasteiger partial charge in [-0.3, -0.25) is 0 Å². The van der Waals surface area contributed by atoms with Gasteiger partial charge in [-0.05, 0) is 45.8 Å². The standard InChI is InChI=1S/C25H22N4O2/c26-29-28-19-10-7-9-18(16-19)8-5-6-15-27-25(30)31-17-24-22-13-3-1-11-20(22)21-12-2-4-14-23(21)24/h1-5,7-14,16,24H,6,15,17H2,(H,27,30).